The third-order valence-electron chi connectivity index (χ3n) is 24.7. The van der Waals surface area contributed by atoms with E-state index in [1.807, 2.05) is 72.8 Å². The van der Waals surface area contributed by atoms with E-state index in [9.17, 15) is 0 Å². The first kappa shape index (κ1) is 69.5. The predicted octanol–water partition coefficient (Wildman–Crippen LogP) is 33.8. The Hall–Kier alpha value is -16.6. The molecule has 21 aromatic carbocycles. The molecule has 0 unspecified atom stereocenters. The van der Waals surface area contributed by atoms with Gasteiger partial charge in [-0.3, -0.25) is 0 Å². The number of anilines is 9. The molecule has 0 saturated carbocycles. The second-order valence-corrected chi connectivity index (χ2v) is 31.7. The summed E-state index contributed by atoms with van der Waals surface area (Å²) in [4.78, 5) is 7.06. The topological polar surface area (TPSA) is 88.6 Å². The minimum Gasteiger partial charge on any atom is -0.456 e. The minimum atomic E-state index is 0.865. The van der Waals surface area contributed by atoms with Gasteiger partial charge in [-0.25, -0.2) is 0 Å². The summed E-state index contributed by atoms with van der Waals surface area (Å²) in [7, 11) is 0. The molecule has 0 atom stereocenters. The smallest absolute Gasteiger partial charge is 0.137 e. The molecule has 0 aliphatic carbocycles. The standard InChI is InChI=1S/3C38H23NO2/c1-2-10-27-24(9-1)19-20-25-23-26(21-22-28(25)27)39(31-13-7-17-35-37(31)29-11-3-5-15-33(29)40-35)32-14-8-18-36-38(32)30-12-4-6-16-34(30)41-36;1-2-9-27-24(8-1)16-19-29-28(27)12-7-13-34(29)39(25-17-20-37-32(22-25)30-10-3-5-14-35(30)40-37)26-18-21-38-33(23-26)31-11-4-6-15-36(31)41-38;1-2-8-29-24(7-1)13-14-25-21-26(15-18-30(25)29)39(27-16-19-37-33(22-27)31-9-3-5-11-35(31)40-37)28-17-20-38-34(23-28)32-10-4-6-12-36(32)41-38/h3*1-23H. The summed E-state index contributed by atoms with van der Waals surface area (Å²) in [6.45, 7) is 0. The highest BCUT2D eigenvalue weighted by Crippen LogP contribution is 2.51. The Bertz CT molecular complexity index is 8640. The summed E-state index contributed by atoms with van der Waals surface area (Å²) in [5.74, 6) is 0. The molecule has 6 heterocycles. The average molecular weight is 1580 g/mol. The molecule has 123 heavy (non-hydrogen) atoms. The molecule has 6 aromatic heterocycles. The Labute approximate surface area is 702 Å². The lowest BCUT2D eigenvalue weighted by atomic mass is 9.99. The van der Waals surface area contributed by atoms with Gasteiger partial charge in [0.1, 0.15) is 67.0 Å². The molecule has 27 rings (SSSR count). The Balaban J connectivity index is 0.000000101. The Morgan fingerprint density at radius 2 is 0.366 bits per heavy atom. The van der Waals surface area contributed by atoms with Crippen molar-refractivity contribution < 1.29 is 26.5 Å². The summed E-state index contributed by atoms with van der Waals surface area (Å²) < 4.78 is 37.3. The average Bonchev–Trinajstić information content (AvgIpc) is 1.60. The summed E-state index contributed by atoms with van der Waals surface area (Å²) in [6.07, 6.45) is 0. The van der Waals surface area contributed by atoms with Crippen molar-refractivity contribution in [3.63, 3.8) is 0 Å². The molecule has 576 valence electrons. The van der Waals surface area contributed by atoms with Gasteiger partial charge in [-0.2, -0.15) is 0 Å². The normalized spacial score (nSPS) is 11.9. The van der Waals surface area contributed by atoms with Crippen molar-refractivity contribution in [3.05, 3.63) is 419 Å². The van der Waals surface area contributed by atoms with Crippen LogP contribution in [0.5, 0.6) is 0 Å². The van der Waals surface area contributed by atoms with Crippen molar-refractivity contribution in [3.8, 4) is 0 Å². The lowest BCUT2D eigenvalue weighted by Crippen LogP contribution is -2.10. The van der Waals surface area contributed by atoms with Crippen LogP contribution in [0.25, 0.3) is 196 Å². The molecule has 0 radical (unpaired) electrons. The molecule has 0 saturated heterocycles. The highest BCUT2D eigenvalue weighted by atomic mass is 16.3. The van der Waals surface area contributed by atoms with Gasteiger partial charge in [0.05, 0.1) is 27.8 Å². The van der Waals surface area contributed by atoms with E-state index in [1.165, 1.54) is 64.6 Å². The molecule has 9 heteroatoms. The first-order chi connectivity index (χ1) is 60.9. The molecule has 0 bridgehead atoms. The van der Waals surface area contributed by atoms with Gasteiger partial charge in [-0.15, -0.1) is 0 Å². The van der Waals surface area contributed by atoms with Crippen molar-refractivity contribution in [2.24, 2.45) is 0 Å². The van der Waals surface area contributed by atoms with E-state index in [-0.39, 0.29) is 0 Å². The number of fused-ring (bicyclic) bond motifs is 27. The number of para-hydroxylation sites is 6. The van der Waals surface area contributed by atoms with Crippen molar-refractivity contribution in [1.82, 2.24) is 0 Å². The van der Waals surface area contributed by atoms with Gasteiger partial charge in [0.15, 0.2) is 0 Å². The third kappa shape index (κ3) is 11.5. The number of rotatable bonds is 9. The van der Waals surface area contributed by atoms with Crippen molar-refractivity contribution >= 4 is 247 Å². The molecule has 0 N–H and O–H groups in total. The fourth-order valence-corrected chi connectivity index (χ4v) is 19.1. The predicted molar refractivity (Wildman–Crippen MR) is 512 cm³/mol. The lowest BCUT2D eigenvalue weighted by molar-refractivity contribution is 0.668. The molecule has 9 nitrogen and oxygen atoms in total. The van der Waals surface area contributed by atoms with Crippen LogP contribution in [0.2, 0.25) is 0 Å². The number of nitrogens with zero attached hydrogens (tertiary/aromatic N) is 3. The highest BCUT2D eigenvalue weighted by Gasteiger charge is 2.26. The number of furan rings is 6. The zero-order valence-electron chi connectivity index (χ0n) is 66.1. The molecule has 0 aliphatic heterocycles. The molecule has 0 amide bonds. The van der Waals surface area contributed by atoms with Gasteiger partial charge in [-0.1, -0.05) is 255 Å². The van der Waals surface area contributed by atoms with Crippen LogP contribution in [0.15, 0.2) is 445 Å². The van der Waals surface area contributed by atoms with Gasteiger partial charge >= 0.3 is 0 Å². The first-order valence-corrected chi connectivity index (χ1v) is 41.6. The van der Waals surface area contributed by atoms with E-state index in [1.54, 1.807) is 0 Å². The first-order valence-electron chi connectivity index (χ1n) is 41.6. The second kappa shape index (κ2) is 28.0. The quantitative estimate of drug-likeness (QED) is 0.131. The van der Waals surface area contributed by atoms with Gasteiger partial charge in [0.2, 0.25) is 0 Å². The molecule has 27 aromatic rings. The number of hydrogen-bond donors (Lipinski definition) is 0. The highest BCUT2D eigenvalue weighted by molar-refractivity contribution is 6.21. The largest absolute Gasteiger partial charge is 0.456 e. The van der Waals surface area contributed by atoms with Crippen LogP contribution >= 0.6 is 0 Å². The van der Waals surface area contributed by atoms with Gasteiger partial charge in [0.25, 0.3) is 0 Å². The van der Waals surface area contributed by atoms with Crippen LogP contribution in [0, 0.1) is 0 Å². The second-order valence-electron chi connectivity index (χ2n) is 31.7. The van der Waals surface area contributed by atoms with Gasteiger partial charge in [0, 0.05) is 93.4 Å². The fourth-order valence-electron chi connectivity index (χ4n) is 19.1. The monoisotopic (exact) mass is 1580 g/mol. The van der Waals surface area contributed by atoms with E-state index < -0.39 is 0 Å². The van der Waals surface area contributed by atoms with Crippen molar-refractivity contribution in [1.29, 1.82) is 0 Å². The van der Waals surface area contributed by atoms with Gasteiger partial charge in [-0.05, 0) is 223 Å². The van der Waals surface area contributed by atoms with Crippen molar-refractivity contribution in [2.45, 2.75) is 0 Å². The van der Waals surface area contributed by atoms with Crippen LogP contribution in [0.4, 0.5) is 51.2 Å². The maximum absolute atomic E-state index is 6.33. The van der Waals surface area contributed by atoms with E-state index in [2.05, 4.69) is 360 Å². The Morgan fingerprint density at radius 3 is 0.772 bits per heavy atom. The zero-order chi connectivity index (χ0) is 80.7. The Morgan fingerprint density at radius 1 is 0.122 bits per heavy atom. The molecular weight excluding hydrogens is 1510 g/mol. The lowest BCUT2D eigenvalue weighted by Gasteiger charge is -2.27. The summed E-state index contributed by atoms with van der Waals surface area (Å²) in [5.41, 5.74) is 20.3. The van der Waals surface area contributed by atoms with Gasteiger partial charge < -0.3 is 41.2 Å². The third-order valence-corrected chi connectivity index (χ3v) is 24.7. The zero-order valence-corrected chi connectivity index (χ0v) is 66.1. The number of hydrogen-bond acceptors (Lipinski definition) is 9. The van der Waals surface area contributed by atoms with Crippen LogP contribution in [-0.2, 0) is 0 Å². The SMILES string of the molecule is c1ccc2c(c1)ccc1c(N(c3ccc4oc5ccccc5c4c3)c3ccc4oc5ccccc5c4c3)cccc12.c1ccc2c(c1)ccc1cc(N(c3ccc4oc5ccccc5c4c3)c3ccc4oc5ccccc5c4c3)ccc12.c1ccc2c(c1)ccc1cc(N(c3cccc4oc5ccccc5c34)c3cccc4oc5ccccc5c34)ccc12. The fraction of sp³-hybridized carbons (Fsp3) is 0. The Kier molecular flexibility index (Phi) is 15.8. The number of benzene rings is 21. The molecule has 0 fully saturated rings. The maximum Gasteiger partial charge on any atom is 0.137 e. The van der Waals surface area contributed by atoms with Crippen LogP contribution in [0.1, 0.15) is 0 Å². The van der Waals surface area contributed by atoms with Crippen LogP contribution < -0.4 is 14.7 Å². The molecule has 0 spiro atoms. The summed E-state index contributed by atoms with van der Waals surface area (Å²) >= 11 is 0. The van der Waals surface area contributed by atoms with E-state index in [0.717, 1.165) is 183 Å². The minimum absolute atomic E-state index is 0.865. The molecular formula is C114H69N3O6. The molecule has 0 aliphatic rings. The summed E-state index contributed by atoms with van der Waals surface area (Å²) in [5, 5.41) is 28.1. The van der Waals surface area contributed by atoms with E-state index >= 15 is 0 Å². The maximum atomic E-state index is 6.33. The van der Waals surface area contributed by atoms with E-state index in [4.69, 9.17) is 26.5 Å². The van der Waals surface area contributed by atoms with Crippen molar-refractivity contribution in [2.75, 3.05) is 14.7 Å². The van der Waals surface area contributed by atoms with Crippen LogP contribution in [-0.4, -0.2) is 0 Å². The van der Waals surface area contributed by atoms with E-state index in [0.29, 0.717) is 0 Å². The summed E-state index contributed by atoms with van der Waals surface area (Å²) in [6, 6.07) is 147. The van der Waals surface area contributed by atoms with Crippen LogP contribution in [0.3, 0.4) is 0 Å².